The van der Waals surface area contributed by atoms with Gasteiger partial charge in [0, 0.05) is 19.1 Å². The molecule has 29 heavy (non-hydrogen) atoms. The van der Waals surface area contributed by atoms with E-state index >= 15 is 0 Å². The Morgan fingerprint density at radius 2 is 1.83 bits per heavy atom. The second-order valence-electron chi connectivity index (χ2n) is 7.15. The molecule has 1 saturated heterocycles. The summed E-state index contributed by atoms with van der Waals surface area (Å²) in [6.07, 6.45) is 1.13. The molecule has 1 aliphatic rings. The molecule has 2 heterocycles. The van der Waals surface area contributed by atoms with Gasteiger partial charge in [-0.1, -0.05) is 19.1 Å². The van der Waals surface area contributed by atoms with Crippen LogP contribution in [0.3, 0.4) is 0 Å². The number of esters is 1. The van der Waals surface area contributed by atoms with Crippen LogP contribution in [0.4, 0.5) is 0 Å². The summed E-state index contributed by atoms with van der Waals surface area (Å²) >= 11 is 0. The monoisotopic (exact) mass is 423 g/mol. The second-order valence-corrected chi connectivity index (χ2v) is 9.38. The lowest BCUT2D eigenvalue weighted by Gasteiger charge is -2.11. The van der Waals surface area contributed by atoms with Gasteiger partial charge in [-0.3, -0.25) is 18.7 Å². The number of fused-ring (bicyclic) bond motifs is 1. The molecule has 0 bridgehead atoms. The lowest BCUT2D eigenvalue weighted by atomic mass is 10.2. The molecule has 1 N–H and O–H groups in total. The number of nitrogens with one attached hydrogen (secondary N) is 1. The maximum Gasteiger partial charge on any atom is 0.329 e. The van der Waals surface area contributed by atoms with Gasteiger partial charge in [0.2, 0.25) is 0 Å². The molecule has 0 spiro atoms. The average Bonchev–Trinajstić information content (AvgIpc) is 3.15. The summed E-state index contributed by atoms with van der Waals surface area (Å²) < 4.78 is 31.0. The van der Waals surface area contributed by atoms with E-state index in [1.54, 1.807) is 4.57 Å². The molecule has 1 amide bonds. The maximum absolute atomic E-state index is 12.7. The highest BCUT2D eigenvalue weighted by atomic mass is 32.2. The quantitative estimate of drug-likeness (QED) is 0.616. The summed E-state index contributed by atoms with van der Waals surface area (Å²) in [4.78, 5) is 36.5. The summed E-state index contributed by atoms with van der Waals surface area (Å²) in [5, 5.41) is 2.56. The van der Waals surface area contributed by atoms with Gasteiger partial charge in [-0.05, 0) is 25.0 Å². The number of ether oxygens (including phenoxy) is 1. The third-order valence-corrected chi connectivity index (χ3v) is 6.64. The molecular formula is C19H25N3O6S. The zero-order valence-corrected chi connectivity index (χ0v) is 17.1. The van der Waals surface area contributed by atoms with Gasteiger partial charge in [-0.2, -0.15) is 0 Å². The summed E-state index contributed by atoms with van der Waals surface area (Å²) in [6, 6.07) is 6.96. The molecule has 1 aromatic carbocycles. The van der Waals surface area contributed by atoms with Crippen molar-refractivity contribution in [2.75, 3.05) is 18.1 Å². The number of hydrogen-bond donors (Lipinski definition) is 1. The Bertz CT molecular complexity index is 1070. The van der Waals surface area contributed by atoms with Gasteiger partial charge < -0.3 is 10.1 Å². The first-order valence-corrected chi connectivity index (χ1v) is 11.5. The van der Waals surface area contributed by atoms with E-state index < -0.39 is 34.4 Å². The third kappa shape index (κ3) is 5.06. The molecule has 0 aliphatic carbocycles. The molecule has 0 unspecified atom stereocenters. The Morgan fingerprint density at radius 3 is 2.41 bits per heavy atom. The molecule has 158 valence electrons. The maximum atomic E-state index is 12.7. The van der Waals surface area contributed by atoms with Crippen LogP contribution in [0.2, 0.25) is 0 Å². The predicted octanol–water partition coefficient (Wildman–Crippen LogP) is 0.450. The van der Waals surface area contributed by atoms with Gasteiger partial charge in [0.1, 0.15) is 0 Å². The van der Waals surface area contributed by atoms with Gasteiger partial charge in [0.15, 0.2) is 16.4 Å². The van der Waals surface area contributed by atoms with E-state index in [1.807, 2.05) is 31.2 Å². The van der Waals surface area contributed by atoms with Crippen molar-refractivity contribution >= 4 is 32.7 Å². The number of imidazole rings is 1. The number of sulfone groups is 1. The van der Waals surface area contributed by atoms with Crippen LogP contribution >= 0.6 is 0 Å². The van der Waals surface area contributed by atoms with Gasteiger partial charge in [-0.15, -0.1) is 0 Å². The van der Waals surface area contributed by atoms with Gasteiger partial charge in [0.05, 0.1) is 29.0 Å². The fourth-order valence-electron chi connectivity index (χ4n) is 3.53. The SMILES string of the molecule is CCCn1c(=O)n(CCC(=O)OCC(=O)N[C@H]2CCS(=O)(=O)C2)c2ccccc21. The number of amides is 1. The molecule has 0 saturated carbocycles. The van der Waals surface area contributed by atoms with Crippen LogP contribution in [0.5, 0.6) is 0 Å². The lowest BCUT2D eigenvalue weighted by Crippen LogP contribution is -2.38. The first-order valence-electron chi connectivity index (χ1n) is 9.64. The normalized spacial score (nSPS) is 18.0. The highest BCUT2D eigenvalue weighted by Gasteiger charge is 2.29. The van der Waals surface area contributed by atoms with Crippen LogP contribution in [-0.2, 0) is 37.3 Å². The van der Waals surface area contributed by atoms with E-state index in [9.17, 15) is 22.8 Å². The molecule has 1 atom stereocenters. The van der Waals surface area contributed by atoms with Crippen molar-refractivity contribution in [1.82, 2.24) is 14.5 Å². The van der Waals surface area contributed by atoms with E-state index in [1.165, 1.54) is 4.57 Å². The van der Waals surface area contributed by atoms with Gasteiger partial charge in [0.25, 0.3) is 5.91 Å². The van der Waals surface area contributed by atoms with Crippen LogP contribution in [0.15, 0.2) is 29.1 Å². The molecule has 1 aromatic heterocycles. The first-order chi connectivity index (χ1) is 13.8. The molecule has 0 radical (unpaired) electrons. The van der Waals surface area contributed by atoms with Crippen LogP contribution < -0.4 is 11.0 Å². The number of carbonyl (C=O) groups excluding carboxylic acids is 2. The number of carbonyl (C=O) groups is 2. The molecule has 9 nitrogen and oxygen atoms in total. The standard InChI is InChI=1S/C19H25N3O6S/c1-2-9-21-15-5-3-4-6-16(15)22(19(21)25)10-7-18(24)28-12-17(23)20-14-8-11-29(26,27)13-14/h3-6,14H,2,7-13H2,1H3,(H,20,23)/t14-/m0/s1. The molecule has 1 fully saturated rings. The van der Waals surface area contributed by atoms with Crippen molar-refractivity contribution in [3.8, 4) is 0 Å². The van der Waals surface area contributed by atoms with Crippen LogP contribution in [0.25, 0.3) is 11.0 Å². The van der Waals surface area contributed by atoms with Crippen LogP contribution in [0, 0.1) is 0 Å². The van der Waals surface area contributed by atoms with Gasteiger partial charge in [-0.25, -0.2) is 13.2 Å². The smallest absolute Gasteiger partial charge is 0.329 e. The van der Waals surface area contributed by atoms with E-state index in [4.69, 9.17) is 4.74 Å². The third-order valence-electron chi connectivity index (χ3n) is 4.87. The van der Waals surface area contributed by atoms with Crippen LogP contribution in [0.1, 0.15) is 26.2 Å². The van der Waals surface area contributed by atoms with Crippen molar-refractivity contribution in [3.05, 3.63) is 34.7 Å². The Labute approximate surface area is 168 Å². The Hall–Kier alpha value is -2.62. The van der Waals surface area contributed by atoms with Crippen molar-refractivity contribution in [2.24, 2.45) is 0 Å². The highest BCUT2D eigenvalue weighted by molar-refractivity contribution is 7.91. The number of rotatable bonds is 8. The largest absolute Gasteiger partial charge is 0.456 e. The number of hydrogen-bond acceptors (Lipinski definition) is 6. The molecular weight excluding hydrogens is 398 g/mol. The van der Waals surface area contributed by atoms with E-state index in [-0.39, 0.29) is 30.2 Å². The van der Waals surface area contributed by atoms with Crippen molar-refractivity contribution in [3.63, 3.8) is 0 Å². The minimum absolute atomic E-state index is 0.0505. The summed E-state index contributed by atoms with van der Waals surface area (Å²) in [5.41, 5.74) is 1.39. The number of nitrogens with zero attached hydrogens (tertiary/aromatic N) is 2. The van der Waals surface area contributed by atoms with E-state index in [2.05, 4.69) is 5.32 Å². The van der Waals surface area contributed by atoms with Crippen LogP contribution in [-0.4, -0.2) is 53.6 Å². The fourth-order valence-corrected chi connectivity index (χ4v) is 5.20. The van der Waals surface area contributed by atoms with Crippen molar-refractivity contribution in [1.29, 1.82) is 0 Å². The molecule has 3 rings (SSSR count). The summed E-state index contributed by atoms with van der Waals surface area (Å²) in [7, 11) is -3.09. The predicted molar refractivity (Wildman–Crippen MR) is 107 cm³/mol. The summed E-state index contributed by atoms with van der Waals surface area (Å²) in [5.74, 6) is -1.16. The van der Waals surface area contributed by atoms with Gasteiger partial charge >= 0.3 is 11.7 Å². The Balaban J connectivity index is 1.54. The molecule has 10 heteroatoms. The molecule has 1 aliphatic heterocycles. The average molecular weight is 423 g/mol. The minimum Gasteiger partial charge on any atom is -0.456 e. The number of aromatic nitrogens is 2. The molecule has 2 aromatic rings. The Kier molecular flexibility index (Phi) is 6.41. The zero-order chi connectivity index (χ0) is 21.0. The number of benzene rings is 1. The van der Waals surface area contributed by atoms with Crippen molar-refractivity contribution < 1.29 is 22.7 Å². The fraction of sp³-hybridized carbons (Fsp3) is 0.526. The zero-order valence-electron chi connectivity index (χ0n) is 16.3. The second kappa shape index (κ2) is 8.81. The number of para-hydroxylation sites is 2. The minimum atomic E-state index is -3.09. The first kappa shape index (κ1) is 21.1. The van der Waals surface area contributed by atoms with E-state index in [0.717, 1.165) is 17.5 Å². The van der Waals surface area contributed by atoms with Crippen molar-refractivity contribution in [2.45, 2.75) is 45.3 Å². The van der Waals surface area contributed by atoms with E-state index in [0.29, 0.717) is 13.0 Å². The number of aryl methyl sites for hydroxylation is 2. The topological polar surface area (TPSA) is 116 Å². The highest BCUT2D eigenvalue weighted by Crippen LogP contribution is 2.14. The summed E-state index contributed by atoms with van der Waals surface area (Å²) in [6.45, 7) is 2.26. The lowest BCUT2D eigenvalue weighted by molar-refractivity contribution is -0.148. The Morgan fingerprint density at radius 1 is 1.17 bits per heavy atom.